The van der Waals surface area contributed by atoms with Gasteiger partial charge in [-0.1, -0.05) is 24.8 Å². The maximum atomic E-state index is 11.0. The van der Waals surface area contributed by atoms with Crippen molar-refractivity contribution in [3.63, 3.8) is 0 Å². The van der Waals surface area contributed by atoms with Gasteiger partial charge < -0.3 is 9.64 Å². The second kappa shape index (κ2) is 3.81. The Bertz CT molecular complexity index is 179. The lowest BCUT2D eigenvalue weighted by atomic mass is 10.6. The van der Waals surface area contributed by atoms with E-state index in [0.29, 0.717) is 13.1 Å². The molecule has 3 nitrogen and oxygen atoms in total. The molecule has 1 aliphatic heterocycles. The van der Waals surface area contributed by atoms with Crippen molar-refractivity contribution in [2.45, 2.75) is 0 Å². The SMILES string of the molecule is C=CCOC(=O)N1CC=CC1. The average molecular weight is 153 g/mol. The van der Waals surface area contributed by atoms with Gasteiger partial charge in [-0.15, -0.1) is 0 Å². The Kier molecular flexibility index (Phi) is 2.72. The van der Waals surface area contributed by atoms with Gasteiger partial charge in [0.25, 0.3) is 0 Å². The molecule has 0 aromatic heterocycles. The van der Waals surface area contributed by atoms with Crippen LogP contribution in [-0.2, 0) is 4.74 Å². The third-order valence-corrected chi connectivity index (χ3v) is 1.40. The van der Waals surface area contributed by atoms with Crippen LogP contribution in [0.5, 0.6) is 0 Å². The van der Waals surface area contributed by atoms with Crippen molar-refractivity contribution in [3.8, 4) is 0 Å². The number of rotatable bonds is 2. The van der Waals surface area contributed by atoms with E-state index in [1.807, 2.05) is 12.2 Å². The molecule has 0 radical (unpaired) electrons. The van der Waals surface area contributed by atoms with E-state index in [4.69, 9.17) is 4.74 Å². The van der Waals surface area contributed by atoms with Gasteiger partial charge in [-0.3, -0.25) is 0 Å². The molecule has 3 heteroatoms. The van der Waals surface area contributed by atoms with Crippen molar-refractivity contribution in [1.82, 2.24) is 4.90 Å². The van der Waals surface area contributed by atoms with E-state index in [9.17, 15) is 4.79 Å². The quantitative estimate of drug-likeness (QED) is 0.557. The summed E-state index contributed by atoms with van der Waals surface area (Å²) in [4.78, 5) is 12.6. The number of carbonyl (C=O) groups is 1. The first-order valence-electron chi connectivity index (χ1n) is 3.52. The van der Waals surface area contributed by atoms with Crippen molar-refractivity contribution in [2.24, 2.45) is 0 Å². The van der Waals surface area contributed by atoms with Crippen LogP contribution in [0.2, 0.25) is 0 Å². The molecule has 0 atom stereocenters. The van der Waals surface area contributed by atoms with Crippen molar-refractivity contribution in [2.75, 3.05) is 19.7 Å². The number of ether oxygens (including phenoxy) is 1. The van der Waals surface area contributed by atoms with Gasteiger partial charge in [-0.05, 0) is 0 Å². The summed E-state index contributed by atoms with van der Waals surface area (Å²) in [7, 11) is 0. The van der Waals surface area contributed by atoms with Crippen molar-refractivity contribution in [3.05, 3.63) is 24.8 Å². The molecule has 60 valence electrons. The molecule has 1 amide bonds. The summed E-state index contributed by atoms with van der Waals surface area (Å²) in [5.41, 5.74) is 0. The lowest BCUT2D eigenvalue weighted by molar-refractivity contribution is 0.123. The summed E-state index contributed by atoms with van der Waals surface area (Å²) in [6, 6.07) is 0. The lowest BCUT2D eigenvalue weighted by Gasteiger charge is -2.13. The van der Waals surface area contributed by atoms with Gasteiger partial charge in [0.05, 0.1) is 0 Å². The van der Waals surface area contributed by atoms with Crippen molar-refractivity contribution in [1.29, 1.82) is 0 Å². The molecule has 1 aliphatic rings. The standard InChI is InChI=1S/C8H11NO2/c1-2-7-11-8(10)9-5-3-4-6-9/h2-4H,1,5-7H2. The van der Waals surface area contributed by atoms with Crippen LogP contribution in [0.4, 0.5) is 4.79 Å². The Morgan fingerprint density at radius 2 is 2.27 bits per heavy atom. The zero-order chi connectivity index (χ0) is 8.10. The van der Waals surface area contributed by atoms with Crippen molar-refractivity contribution >= 4 is 6.09 Å². The number of nitrogens with zero attached hydrogens (tertiary/aromatic N) is 1. The molecule has 0 saturated carbocycles. The van der Waals surface area contributed by atoms with Crippen molar-refractivity contribution < 1.29 is 9.53 Å². The van der Waals surface area contributed by atoms with Gasteiger partial charge in [0.2, 0.25) is 0 Å². The zero-order valence-electron chi connectivity index (χ0n) is 6.32. The van der Waals surface area contributed by atoms with Crippen LogP contribution in [0, 0.1) is 0 Å². The fourth-order valence-electron chi connectivity index (χ4n) is 0.849. The normalized spacial score (nSPS) is 15.1. The zero-order valence-corrected chi connectivity index (χ0v) is 6.32. The summed E-state index contributed by atoms with van der Waals surface area (Å²) in [6.07, 6.45) is 5.17. The number of carbonyl (C=O) groups excluding carboxylic acids is 1. The van der Waals surface area contributed by atoms with Crippen LogP contribution in [-0.4, -0.2) is 30.7 Å². The van der Waals surface area contributed by atoms with Crippen LogP contribution in [0.25, 0.3) is 0 Å². The predicted molar refractivity (Wildman–Crippen MR) is 42.3 cm³/mol. The fourth-order valence-corrected chi connectivity index (χ4v) is 0.849. The highest BCUT2D eigenvalue weighted by Crippen LogP contribution is 2.00. The van der Waals surface area contributed by atoms with Crippen LogP contribution in [0.1, 0.15) is 0 Å². The largest absolute Gasteiger partial charge is 0.445 e. The second-order valence-electron chi connectivity index (χ2n) is 2.24. The number of amides is 1. The lowest BCUT2D eigenvalue weighted by Crippen LogP contribution is -2.28. The molecule has 1 heterocycles. The fraction of sp³-hybridized carbons (Fsp3) is 0.375. The number of hydrogen-bond acceptors (Lipinski definition) is 2. The van der Waals surface area contributed by atoms with Gasteiger partial charge in [0.1, 0.15) is 6.61 Å². The summed E-state index contributed by atoms with van der Waals surface area (Å²) < 4.78 is 4.80. The van der Waals surface area contributed by atoms with Gasteiger partial charge in [-0.25, -0.2) is 4.79 Å². The first-order valence-corrected chi connectivity index (χ1v) is 3.52. The van der Waals surface area contributed by atoms with E-state index in [-0.39, 0.29) is 12.7 Å². The second-order valence-corrected chi connectivity index (χ2v) is 2.24. The third kappa shape index (κ3) is 2.11. The molecule has 0 aromatic carbocycles. The summed E-state index contributed by atoms with van der Waals surface area (Å²) in [5.74, 6) is 0. The average Bonchev–Trinajstić information content (AvgIpc) is 2.52. The third-order valence-electron chi connectivity index (χ3n) is 1.40. The van der Waals surface area contributed by atoms with E-state index >= 15 is 0 Å². The smallest absolute Gasteiger partial charge is 0.410 e. The topological polar surface area (TPSA) is 29.5 Å². The van der Waals surface area contributed by atoms with Gasteiger partial charge in [0.15, 0.2) is 0 Å². The summed E-state index contributed by atoms with van der Waals surface area (Å²) in [5, 5.41) is 0. The number of hydrogen-bond donors (Lipinski definition) is 0. The van der Waals surface area contributed by atoms with E-state index in [1.54, 1.807) is 11.0 Å². The minimum Gasteiger partial charge on any atom is -0.445 e. The van der Waals surface area contributed by atoms with Gasteiger partial charge >= 0.3 is 6.09 Å². The maximum absolute atomic E-state index is 11.0. The minimum atomic E-state index is -0.269. The van der Waals surface area contributed by atoms with Gasteiger partial charge in [0, 0.05) is 13.1 Å². The molecule has 0 spiro atoms. The van der Waals surface area contributed by atoms with E-state index in [2.05, 4.69) is 6.58 Å². The maximum Gasteiger partial charge on any atom is 0.410 e. The van der Waals surface area contributed by atoms with Gasteiger partial charge in [-0.2, -0.15) is 0 Å². The van der Waals surface area contributed by atoms with E-state index in [1.165, 1.54) is 0 Å². The molecule has 0 saturated heterocycles. The Morgan fingerprint density at radius 3 is 2.82 bits per heavy atom. The Morgan fingerprint density at radius 1 is 1.64 bits per heavy atom. The Balaban J connectivity index is 2.24. The van der Waals surface area contributed by atoms with E-state index in [0.717, 1.165) is 0 Å². The molecule has 0 bridgehead atoms. The molecule has 0 unspecified atom stereocenters. The van der Waals surface area contributed by atoms with E-state index < -0.39 is 0 Å². The van der Waals surface area contributed by atoms with Crippen LogP contribution < -0.4 is 0 Å². The molecular formula is C8H11NO2. The Hall–Kier alpha value is -1.25. The van der Waals surface area contributed by atoms with Crippen LogP contribution in [0.3, 0.4) is 0 Å². The molecule has 11 heavy (non-hydrogen) atoms. The minimum absolute atomic E-state index is 0.269. The van der Waals surface area contributed by atoms with Crippen LogP contribution in [0.15, 0.2) is 24.8 Å². The Labute approximate surface area is 65.9 Å². The molecule has 1 rings (SSSR count). The predicted octanol–water partition coefficient (Wildman–Crippen LogP) is 1.18. The molecule has 0 N–H and O–H groups in total. The molecule has 0 aliphatic carbocycles. The first-order chi connectivity index (χ1) is 5.34. The first kappa shape index (κ1) is 7.85. The highest BCUT2D eigenvalue weighted by atomic mass is 16.6. The summed E-state index contributed by atoms with van der Waals surface area (Å²) in [6.45, 7) is 5.06. The monoisotopic (exact) mass is 153 g/mol. The summed E-state index contributed by atoms with van der Waals surface area (Å²) >= 11 is 0. The van der Waals surface area contributed by atoms with Crippen LogP contribution >= 0.6 is 0 Å². The molecule has 0 fully saturated rings. The highest BCUT2D eigenvalue weighted by Gasteiger charge is 2.13. The highest BCUT2D eigenvalue weighted by molar-refractivity contribution is 5.68. The molecular weight excluding hydrogens is 142 g/mol. The molecule has 0 aromatic rings.